The molecule has 1 aliphatic heterocycles. The number of halogens is 2. The minimum atomic E-state index is -0.313. The molecule has 2 heterocycles. The number of rotatable bonds is 4. The van der Waals surface area contributed by atoms with Crippen molar-refractivity contribution in [1.29, 1.82) is 0 Å². The van der Waals surface area contributed by atoms with Crippen LogP contribution in [0.2, 0.25) is 0 Å². The van der Waals surface area contributed by atoms with Gasteiger partial charge < -0.3 is 20.3 Å². The van der Waals surface area contributed by atoms with Gasteiger partial charge in [0.1, 0.15) is 0 Å². The Balaban J connectivity index is 0.00000240. The maximum Gasteiger partial charge on any atom is 0.225 e. The predicted octanol–water partition coefficient (Wildman–Crippen LogP) is 2.63. The van der Waals surface area contributed by atoms with E-state index in [0.717, 1.165) is 50.5 Å². The van der Waals surface area contributed by atoms with E-state index in [2.05, 4.69) is 24.8 Å². The first-order chi connectivity index (χ1) is 13.6. The maximum atomic E-state index is 13.9. The molecular formula is C20H26FIN6O. The van der Waals surface area contributed by atoms with E-state index < -0.39 is 0 Å². The zero-order chi connectivity index (χ0) is 19.5. The van der Waals surface area contributed by atoms with Gasteiger partial charge >= 0.3 is 0 Å². The Kier molecular flexibility index (Phi) is 7.09. The number of aliphatic imine (C=N–C) groups is 1. The minimum absolute atomic E-state index is 0. The van der Waals surface area contributed by atoms with Gasteiger partial charge in [-0.05, 0) is 42.5 Å². The molecule has 1 aromatic carbocycles. The number of methoxy groups -OCH3 is 1. The number of anilines is 1. The summed E-state index contributed by atoms with van der Waals surface area (Å²) in [5.41, 5.74) is 7.24. The zero-order valence-electron chi connectivity index (χ0n) is 16.4. The Morgan fingerprint density at radius 2 is 1.86 bits per heavy atom. The molecule has 7 nitrogen and oxygen atoms in total. The quantitative estimate of drug-likeness (QED) is 0.386. The van der Waals surface area contributed by atoms with E-state index in [1.54, 1.807) is 24.5 Å². The van der Waals surface area contributed by atoms with Gasteiger partial charge in [0.25, 0.3) is 0 Å². The summed E-state index contributed by atoms with van der Waals surface area (Å²) in [6.07, 6.45) is 5.30. The topological polar surface area (TPSA) is 79.9 Å². The molecule has 2 N–H and O–H groups in total. The van der Waals surface area contributed by atoms with Crippen molar-refractivity contribution in [2.24, 2.45) is 10.7 Å². The van der Waals surface area contributed by atoms with Gasteiger partial charge in [0.05, 0.1) is 13.2 Å². The number of nitrogens with zero attached hydrogens (tertiary/aromatic N) is 5. The molecule has 1 saturated carbocycles. The Morgan fingerprint density at radius 1 is 1.17 bits per heavy atom. The second-order valence-corrected chi connectivity index (χ2v) is 7.23. The smallest absolute Gasteiger partial charge is 0.225 e. The van der Waals surface area contributed by atoms with Crippen LogP contribution in [-0.2, 0) is 0 Å². The van der Waals surface area contributed by atoms with Crippen LogP contribution in [0.25, 0.3) is 0 Å². The molecule has 2 aromatic rings. The second-order valence-electron chi connectivity index (χ2n) is 7.23. The van der Waals surface area contributed by atoms with Gasteiger partial charge in [-0.1, -0.05) is 6.07 Å². The maximum absolute atomic E-state index is 13.9. The summed E-state index contributed by atoms with van der Waals surface area (Å²) in [5.74, 6) is 1.65. The fourth-order valence-corrected chi connectivity index (χ4v) is 3.76. The normalized spacial score (nSPS) is 21.9. The summed E-state index contributed by atoms with van der Waals surface area (Å²) in [6.45, 7) is 3.23. The van der Waals surface area contributed by atoms with Crippen LogP contribution in [0.5, 0.6) is 5.75 Å². The summed E-state index contributed by atoms with van der Waals surface area (Å²) in [4.78, 5) is 17.5. The first-order valence-corrected chi connectivity index (χ1v) is 9.57. The second kappa shape index (κ2) is 9.55. The molecule has 0 atom stereocenters. The van der Waals surface area contributed by atoms with Gasteiger partial charge in [0.2, 0.25) is 5.95 Å². The van der Waals surface area contributed by atoms with Crippen molar-refractivity contribution in [1.82, 2.24) is 14.9 Å². The van der Waals surface area contributed by atoms with E-state index in [4.69, 9.17) is 10.5 Å². The monoisotopic (exact) mass is 512 g/mol. The van der Waals surface area contributed by atoms with Crippen molar-refractivity contribution in [3.05, 3.63) is 48.0 Å². The average Bonchev–Trinajstić information content (AvgIpc) is 2.71. The van der Waals surface area contributed by atoms with Crippen LogP contribution in [0.15, 0.2) is 41.7 Å². The first-order valence-electron chi connectivity index (χ1n) is 9.57. The molecule has 1 saturated heterocycles. The first kappa shape index (κ1) is 21.5. The Bertz CT molecular complexity index is 838. The lowest BCUT2D eigenvalue weighted by Gasteiger charge is -2.37. The number of ether oxygens (including phenoxy) is 1. The predicted molar refractivity (Wildman–Crippen MR) is 122 cm³/mol. The SMILES string of the molecule is COc1ccc(C2CC(N=C(N)N3CCN(c4ncccn4)CC3)C2)cc1F.I. The highest BCUT2D eigenvalue weighted by Crippen LogP contribution is 2.39. The largest absolute Gasteiger partial charge is 0.494 e. The lowest BCUT2D eigenvalue weighted by molar-refractivity contribution is 0.334. The molecule has 0 radical (unpaired) electrons. The van der Waals surface area contributed by atoms with Crippen LogP contribution < -0.4 is 15.4 Å². The number of guanidine groups is 1. The fourth-order valence-electron chi connectivity index (χ4n) is 3.76. The molecule has 0 amide bonds. The molecule has 1 aliphatic carbocycles. The van der Waals surface area contributed by atoms with Crippen molar-refractivity contribution in [2.75, 3.05) is 38.2 Å². The Morgan fingerprint density at radius 3 is 2.48 bits per heavy atom. The molecule has 29 heavy (non-hydrogen) atoms. The van der Waals surface area contributed by atoms with Crippen molar-refractivity contribution in [3.8, 4) is 5.75 Å². The molecule has 0 unspecified atom stereocenters. The molecule has 2 aliphatic rings. The van der Waals surface area contributed by atoms with Gasteiger partial charge in [-0.15, -0.1) is 24.0 Å². The Labute approximate surface area is 187 Å². The molecule has 0 bridgehead atoms. The standard InChI is InChI=1S/C20H25FN6O.HI/c1-28-18-4-3-14(13-17(18)21)15-11-16(12-15)25-19(22)26-7-9-27(10-8-26)20-23-5-2-6-24-20;/h2-6,13,15-16H,7-12H2,1H3,(H2,22,25);1H. The van der Waals surface area contributed by atoms with Gasteiger partial charge in [-0.25, -0.2) is 19.4 Å². The summed E-state index contributed by atoms with van der Waals surface area (Å²) >= 11 is 0. The van der Waals surface area contributed by atoms with Gasteiger partial charge in [0, 0.05) is 38.6 Å². The van der Waals surface area contributed by atoms with Crippen LogP contribution in [0, 0.1) is 5.82 Å². The van der Waals surface area contributed by atoms with Crippen LogP contribution in [0.1, 0.15) is 24.3 Å². The summed E-state index contributed by atoms with van der Waals surface area (Å²) < 4.78 is 18.9. The average molecular weight is 512 g/mol. The fraction of sp³-hybridized carbons (Fsp3) is 0.450. The van der Waals surface area contributed by atoms with Crippen LogP contribution >= 0.6 is 24.0 Å². The zero-order valence-corrected chi connectivity index (χ0v) is 18.7. The molecular weight excluding hydrogens is 486 g/mol. The third kappa shape index (κ3) is 4.88. The highest BCUT2D eigenvalue weighted by Gasteiger charge is 2.31. The molecule has 156 valence electrons. The molecule has 4 rings (SSSR count). The minimum Gasteiger partial charge on any atom is -0.494 e. The summed E-state index contributed by atoms with van der Waals surface area (Å²) in [5, 5.41) is 0. The van der Waals surface area contributed by atoms with Crippen molar-refractivity contribution >= 4 is 35.9 Å². The van der Waals surface area contributed by atoms with E-state index in [-0.39, 0.29) is 41.6 Å². The molecule has 9 heteroatoms. The van der Waals surface area contributed by atoms with Gasteiger partial charge in [-0.3, -0.25) is 0 Å². The van der Waals surface area contributed by atoms with Gasteiger partial charge in [0.15, 0.2) is 17.5 Å². The Hall–Kier alpha value is -2.17. The highest BCUT2D eigenvalue weighted by atomic mass is 127. The van der Waals surface area contributed by atoms with Crippen LogP contribution in [0.3, 0.4) is 0 Å². The van der Waals surface area contributed by atoms with Crippen LogP contribution in [0.4, 0.5) is 10.3 Å². The highest BCUT2D eigenvalue weighted by molar-refractivity contribution is 14.0. The number of benzene rings is 1. The number of hydrogen-bond acceptors (Lipinski definition) is 5. The number of hydrogen-bond donors (Lipinski definition) is 1. The van der Waals surface area contributed by atoms with E-state index in [1.807, 2.05) is 12.1 Å². The molecule has 2 fully saturated rings. The molecule has 0 spiro atoms. The van der Waals surface area contributed by atoms with E-state index in [0.29, 0.717) is 11.9 Å². The lowest BCUT2D eigenvalue weighted by Crippen LogP contribution is -2.52. The van der Waals surface area contributed by atoms with E-state index >= 15 is 0 Å². The van der Waals surface area contributed by atoms with E-state index in [1.165, 1.54) is 7.11 Å². The van der Waals surface area contributed by atoms with Crippen molar-refractivity contribution < 1.29 is 9.13 Å². The summed E-state index contributed by atoms with van der Waals surface area (Å²) in [7, 11) is 1.47. The summed E-state index contributed by atoms with van der Waals surface area (Å²) in [6, 6.07) is 7.20. The van der Waals surface area contributed by atoms with Crippen molar-refractivity contribution in [3.63, 3.8) is 0 Å². The van der Waals surface area contributed by atoms with E-state index in [9.17, 15) is 4.39 Å². The number of aromatic nitrogens is 2. The van der Waals surface area contributed by atoms with Gasteiger partial charge in [-0.2, -0.15) is 0 Å². The third-order valence-corrected chi connectivity index (χ3v) is 5.51. The molecule has 1 aromatic heterocycles. The lowest BCUT2D eigenvalue weighted by atomic mass is 9.76. The number of piperazine rings is 1. The van der Waals surface area contributed by atoms with Crippen molar-refractivity contribution in [2.45, 2.75) is 24.8 Å². The van der Waals surface area contributed by atoms with Crippen LogP contribution in [-0.4, -0.2) is 60.2 Å². The third-order valence-electron chi connectivity index (χ3n) is 5.51. The number of nitrogens with two attached hydrogens (primary N) is 1.